The van der Waals surface area contributed by atoms with Gasteiger partial charge in [-0.2, -0.15) is 0 Å². The molecule has 0 fully saturated rings. The molecule has 1 amide bonds. The molecule has 0 aliphatic rings. The molecule has 8 heteroatoms. The van der Waals surface area contributed by atoms with Crippen molar-refractivity contribution in [2.24, 2.45) is 0 Å². The van der Waals surface area contributed by atoms with E-state index in [2.05, 4.69) is 21.8 Å². The van der Waals surface area contributed by atoms with Gasteiger partial charge in [-0.25, -0.2) is 9.97 Å². The van der Waals surface area contributed by atoms with E-state index in [0.29, 0.717) is 17.9 Å². The molecule has 186 valence electrons. The van der Waals surface area contributed by atoms with Crippen LogP contribution in [0.3, 0.4) is 0 Å². The fourth-order valence-corrected chi connectivity index (χ4v) is 4.25. The van der Waals surface area contributed by atoms with Crippen molar-refractivity contribution in [1.29, 1.82) is 0 Å². The Bertz CT molecular complexity index is 1420. The van der Waals surface area contributed by atoms with Crippen molar-refractivity contribution in [1.82, 2.24) is 19.9 Å². The maximum atomic E-state index is 12.3. The predicted molar refractivity (Wildman–Crippen MR) is 145 cm³/mol. The van der Waals surface area contributed by atoms with Crippen LogP contribution in [0.5, 0.6) is 0 Å². The molecule has 2 aromatic carbocycles. The van der Waals surface area contributed by atoms with Crippen molar-refractivity contribution >= 4 is 45.1 Å². The van der Waals surface area contributed by atoms with Crippen LogP contribution in [0.25, 0.3) is 21.9 Å². The second-order valence-corrected chi connectivity index (χ2v) is 8.88. The van der Waals surface area contributed by atoms with Gasteiger partial charge in [0.25, 0.3) is 0 Å². The molecule has 4 aromatic rings. The van der Waals surface area contributed by atoms with Gasteiger partial charge in [-0.3, -0.25) is 9.59 Å². The number of hydrogen-bond donors (Lipinski definition) is 2. The molecule has 0 aliphatic carbocycles. The van der Waals surface area contributed by atoms with Crippen molar-refractivity contribution in [2.45, 2.75) is 32.7 Å². The van der Waals surface area contributed by atoms with Gasteiger partial charge in [0.2, 0.25) is 5.91 Å². The Labute approximate surface area is 210 Å². The number of benzene rings is 2. The molecule has 2 heterocycles. The van der Waals surface area contributed by atoms with Gasteiger partial charge in [0, 0.05) is 56.3 Å². The Kier molecular flexibility index (Phi) is 7.63. The number of carbonyl (C=O) groups is 2. The summed E-state index contributed by atoms with van der Waals surface area (Å²) < 4.78 is 2.22. The lowest BCUT2D eigenvalue weighted by Crippen LogP contribution is -2.22. The number of imidazole rings is 1. The maximum Gasteiger partial charge on any atom is 0.244 e. The minimum Gasteiger partial charge on any atom is -0.382 e. The maximum absolute atomic E-state index is 12.3. The molecular weight excluding hydrogens is 452 g/mol. The Morgan fingerprint density at radius 3 is 2.50 bits per heavy atom. The summed E-state index contributed by atoms with van der Waals surface area (Å²) in [6, 6.07) is 15.2. The zero-order chi connectivity index (χ0) is 25.7. The van der Waals surface area contributed by atoms with Gasteiger partial charge >= 0.3 is 0 Å². The van der Waals surface area contributed by atoms with Gasteiger partial charge in [0.15, 0.2) is 11.6 Å². The summed E-state index contributed by atoms with van der Waals surface area (Å²) in [4.78, 5) is 35.7. The number of fused-ring (bicyclic) bond motifs is 3. The third-order valence-corrected chi connectivity index (χ3v) is 6.17. The van der Waals surface area contributed by atoms with Crippen LogP contribution in [-0.2, 0) is 17.8 Å². The second-order valence-electron chi connectivity index (χ2n) is 8.88. The van der Waals surface area contributed by atoms with Gasteiger partial charge in [0.05, 0.1) is 11.0 Å². The summed E-state index contributed by atoms with van der Waals surface area (Å²) in [7, 11) is 3.88. The Hall–Kier alpha value is -4.20. The SMILES string of the molecule is CCc1nc2c(N)nc3ccccc3c2n1CCCCNC(=O)/C=C/C(=O)c1ccc(N(C)C)cc1. The number of nitrogens with zero attached hydrogens (tertiary/aromatic N) is 4. The number of ketones is 1. The van der Waals surface area contributed by atoms with Crippen LogP contribution >= 0.6 is 0 Å². The number of amides is 1. The molecule has 3 N–H and O–H groups in total. The molecule has 0 saturated heterocycles. The van der Waals surface area contributed by atoms with E-state index in [0.717, 1.165) is 59.3 Å². The summed E-state index contributed by atoms with van der Waals surface area (Å²) in [6.45, 7) is 3.36. The first-order valence-corrected chi connectivity index (χ1v) is 12.2. The minimum absolute atomic E-state index is 0.199. The Morgan fingerprint density at radius 1 is 1.03 bits per heavy atom. The first kappa shape index (κ1) is 24.9. The molecule has 0 saturated carbocycles. The van der Waals surface area contributed by atoms with E-state index < -0.39 is 0 Å². The molecule has 0 radical (unpaired) electrons. The number of aryl methyl sites for hydroxylation is 2. The first-order chi connectivity index (χ1) is 17.4. The van der Waals surface area contributed by atoms with E-state index in [9.17, 15) is 9.59 Å². The third-order valence-electron chi connectivity index (χ3n) is 6.17. The van der Waals surface area contributed by atoms with Crippen LogP contribution in [0.15, 0.2) is 60.7 Å². The van der Waals surface area contributed by atoms with Gasteiger partial charge in [-0.15, -0.1) is 0 Å². The van der Waals surface area contributed by atoms with Gasteiger partial charge < -0.3 is 20.5 Å². The molecular formula is C28H32N6O2. The number of pyridine rings is 1. The third kappa shape index (κ3) is 5.38. The standard InChI is InChI=1S/C28H32N6O2/c1-4-24-32-26-27(21-9-5-6-10-22(21)31-28(26)29)34(24)18-8-7-17-30-25(36)16-15-23(35)19-11-13-20(14-12-19)33(2)3/h5-6,9-16H,4,7-8,17-18H2,1-3H3,(H2,29,31)(H,30,36)/b16-15+. The second kappa shape index (κ2) is 11.0. The Morgan fingerprint density at radius 2 is 1.78 bits per heavy atom. The number of allylic oxidation sites excluding steroid dienone is 1. The number of unbranched alkanes of at least 4 members (excludes halogenated alkanes) is 1. The number of rotatable bonds is 10. The van der Waals surface area contributed by atoms with Crippen molar-refractivity contribution in [2.75, 3.05) is 31.3 Å². The summed E-state index contributed by atoms with van der Waals surface area (Å²) in [6.07, 6.45) is 5.05. The van der Waals surface area contributed by atoms with Crippen LogP contribution < -0.4 is 16.0 Å². The number of aromatic nitrogens is 3. The molecule has 8 nitrogen and oxygen atoms in total. The quantitative estimate of drug-likeness (QED) is 0.199. The highest BCUT2D eigenvalue weighted by molar-refractivity contribution is 6.08. The monoisotopic (exact) mass is 484 g/mol. The topological polar surface area (TPSA) is 106 Å². The van der Waals surface area contributed by atoms with E-state index in [4.69, 9.17) is 10.7 Å². The average molecular weight is 485 g/mol. The molecule has 4 rings (SSSR count). The first-order valence-electron chi connectivity index (χ1n) is 12.2. The van der Waals surface area contributed by atoms with E-state index >= 15 is 0 Å². The molecule has 0 aliphatic heterocycles. The van der Waals surface area contributed by atoms with Crippen LogP contribution in [0, 0.1) is 0 Å². The fraction of sp³-hybridized carbons (Fsp3) is 0.286. The number of hydrogen-bond acceptors (Lipinski definition) is 6. The Balaban J connectivity index is 1.32. The molecule has 0 unspecified atom stereocenters. The summed E-state index contributed by atoms with van der Waals surface area (Å²) in [5, 5.41) is 3.89. The molecule has 0 bridgehead atoms. The number of nitrogens with two attached hydrogens (primary N) is 1. The zero-order valence-electron chi connectivity index (χ0n) is 21.0. The van der Waals surface area contributed by atoms with Crippen LogP contribution in [0.2, 0.25) is 0 Å². The lowest BCUT2D eigenvalue weighted by Gasteiger charge is -2.11. The van der Waals surface area contributed by atoms with E-state index in [1.807, 2.05) is 55.4 Å². The lowest BCUT2D eigenvalue weighted by molar-refractivity contribution is -0.116. The van der Waals surface area contributed by atoms with Crippen molar-refractivity contribution in [3.8, 4) is 0 Å². The largest absolute Gasteiger partial charge is 0.382 e. The van der Waals surface area contributed by atoms with Gasteiger partial charge in [-0.1, -0.05) is 25.1 Å². The van der Waals surface area contributed by atoms with Crippen LogP contribution in [-0.4, -0.2) is 46.9 Å². The van der Waals surface area contributed by atoms with Crippen LogP contribution in [0.4, 0.5) is 11.5 Å². The van der Waals surface area contributed by atoms with E-state index in [-0.39, 0.29) is 11.7 Å². The van der Waals surface area contributed by atoms with E-state index in [1.165, 1.54) is 12.2 Å². The molecule has 0 atom stereocenters. The summed E-state index contributed by atoms with van der Waals surface area (Å²) >= 11 is 0. The highest BCUT2D eigenvalue weighted by atomic mass is 16.1. The summed E-state index contributed by atoms with van der Waals surface area (Å²) in [5.41, 5.74) is 10.4. The number of carbonyl (C=O) groups excluding carboxylic acids is 2. The van der Waals surface area contributed by atoms with Gasteiger partial charge in [0.1, 0.15) is 11.3 Å². The highest BCUT2D eigenvalue weighted by Crippen LogP contribution is 2.29. The minimum atomic E-state index is -0.277. The highest BCUT2D eigenvalue weighted by Gasteiger charge is 2.16. The van der Waals surface area contributed by atoms with Crippen molar-refractivity contribution in [3.63, 3.8) is 0 Å². The van der Waals surface area contributed by atoms with Crippen LogP contribution in [0.1, 0.15) is 35.9 Å². The average Bonchev–Trinajstić information content (AvgIpc) is 3.26. The van der Waals surface area contributed by atoms with Crippen molar-refractivity contribution in [3.05, 3.63) is 72.1 Å². The zero-order valence-corrected chi connectivity index (χ0v) is 21.0. The number of nitrogen functional groups attached to an aromatic ring is 1. The molecule has 36 heavy (non-hydrogen) atoms. The predicted octanol–water partition coefficient (Wildman–Crippen LogP) is 4.13. The smallest absolute Gasteiger partial charge is 0.244 e. The summed E-state index contributed by atoms with van der Waals surface area (Å²) in [5.74, 6) is 0.939. The van der Waals surface area contributed by atoms with E-state index in [1.54, 1.807) is 12.1 Å². The number of para-hydroxylation sites is 1. The fourth-order valence-electron chi connectivity index (χ4n) is 4.25. The number of nitrogens with one attached hydrogen (secondary N) is 1. The molecule has 2 aromatic heterocycles. The molecule has 0 spiro atoms. The van der Waals surface area contributed by atoms with Gasteiger partial charge in [-0.05, 0) is 49.2 Å². The normalized spacial score (nSPS) is 11.4. The lowest BCUT2D eigenvalue weighted by atomic mass is 10.1. The number of anilines is 2. The van der Waals surface area contributed by atoms with Crippen molar-refractivity contribution < 1.29 is 9.59 Å².